The zero-order chi connectivity index (χ0) is 20.7. The number of ether oxygens (including phenoxy) is 4. The molecule has 7 heteroatoms. The first-order valence-electron chi connectivity index (χ1n) is 10.1. The average Bonchev–Trinajstić information content (AvgIpc) is 3.34. The molecule has 7 nitrogen and oxygen atoms in total. The molecule has 1 amide bonds. The molecule has 3 saturated heterocycles. The normalized spacial score (nSPS) is 32.6. The Bertz CT molecular complexity index is 920. The highest BCUT2D eigenvalue weighted by Crippen LogP contribution is 2.42. The van der Waals surface area contributed by atoms with Gasteiger partial charge in [0.1, 0.15) is 18.3 Å². The van der Waals surface area contributed by atoms with Crippen molar-refractivity contribution in [3.05, 3.63) is 66.2 Å². The van der Waals surface area contributed by atoms with Gasteiger partial charge < -0.3 is 18.9 Å². The highest BCUT2D eigenvalue weighted by molar-refractivity contribution is 6.05. The van der Waals surface area contributed by atoms with E-state index in [-0.39, 0.29) is 36.7 Å². The van der Waals surface area contributed by atoms with E-state index in [9.17, 15) is 9.59 Å². The number of para-hydroxylation sites is 1. The second-order valence-corrected chi connectivity index (χ2v) is 7.74. The van der Waals surface area contributed by atoms with Gasteiger partial charge in [0, 0.05) is 12.6 Å². The van der Waals surface area contributed by atoms with Gasteiger partial charge in [0.05, 0.1) is 19.3 Å². The summed E-state index contributed by atoms with van der Waals surface area (Å²) in [6.07, 6.45) is -2.19. The molecule has 0 unspecified atom stereocenters. The summed E-state index contributed by atoms with van der Waals surface area (Å²) in [6.45, 7) is 1.93. The third-order valence-electron chi connectivity index (χ3n) is 5.82. The van der Waals surface area contributed by atoms with Crippen molar-refractivity contribution >= 4 is 17.6 Å². The first kappa shape index (κ1) is 19.2. The van der Waals surface area contributed by atoms with Crippen LogP contribution in [0, 0.1) is 0 Å². The van der Waals surface area contributed by atoms with E-state index in [1.807, 2.05) is 60.7 Å². The van der Waals surface area contributed by atoms with Crippen LogP contribution in [0.25, 0.3) is 0 Å². The molecule has 3 aliphatic rings. The lowest BCUT2D eigenvalue weighted by atomic mass is 9.89. The fraction of sp³-hybridized carbons (Fsp3) is 0.391. The second-order valence-electron chi connectivity index (χ2n) is 7.74. The van der Waals surface area contributed by atoms with Crippen LogP contribution in [-0.2, 0) is 28.5 Å². The molecule has 0 bridgehead atoms. The molecule has 6 atom stereocenters. The summed E-state index contributed by atoms with van der Waals surface area (Å²) in [5.41, 5.74) is 1.84. The van der Waals surface area contributed by atoms with Crippen molar-refractivity contribution < 1.29 is 28.5 Å². The number of fused-ring (bicyclic) bond motifs is 1. The Morgan fingerprint density at radius 2 is 1.53 bits per heavy atom. The Kier molecular flexibility index (Phi) is 5.02. The molecule has 0 radical (unpaired) electrons. The number of amides is 1. The minimum atomic E-state index is -0.628. The number of hydrogen-bond acceptors (Lipinski definition) is 6. The second kappa shape index (κ2) is 7.83. The lowest BCUT2D eigenvalue weighted by molar-refractivity contribution is -0.156. The van der Waals surface area contributed by atoms with Crippen molar-refractivity contribution in [2.45, 2.75) is 43.5 Å². The van der Waals surface area contributed by atoms with E-state index in [0.29, 0.717) is 6.61 Å². The highest BCUT2D eigenvalue weighted by Gasteiger charge is 2.55. The molecule has 156 valence electrons. The average molecular weight is 409 g/mol. The maximum Gasteiger partial charge on any atom is 0.303 e. The first-order valence-corrected chi connectivity index (χ1v) is 10.1. The summed E-state index contributed by atoms with van der Waals surface area (Å²) in [5.74, 6) is -0.456. The van der Waals surface area contributed by atoms with Crippen LogP contribution in [0.4, 0.5) is 5.69 Å². The van der Waals surface area contributed by atoms with E-state index in [1.165, 1.54) is 6.92 Å². The molecule has 3 aliphatic heterocycles. The molecule has 3 heterocycles. The van der Waals surface area contributed by atoms with Gasteiger partial charge in [0.15, 0.2) is 12.2 Å². The van der Waals surface area contributed by atoms with Crippen LogP contribution >= 0.6 is 0 Å². The topological polar surface area (TPSA) is 74.3 Å². The van der Waals surface area contributed by atoms with Crippen molar-refractivity contribution in [2.75, 3.05) is 18.1 Å². The van der Waals surface area contributed by atoms with E-state index >= 15 is 0 Å². The molecular formula is C23H23NO6. The molecule has 0 saturated carbocycles. The summed E-state index contributed by atoms with van der Waals surface area (Å²) in [4.78, 5) is 26.2. The number of β-lactam (4-membered cyclic amide) rings is 1. The quantitative estimate of drug-likeness (QED) is 0.557. The molecule has 3 fully saturated rings. The van der Waals surface area contributed by atoms with Crippen LogP contribution in [-0.4, -0.2) is 55.6 Å². The number of nitrogens with zero attached hydrogens (tertiary/aromatic N) is 1. The zero-order valence-corrected chi connectivity index (χ0v) is 16.5. The number of esters is 1. The molecule has 0 N–H and O–H groups in total. The number of carbonyl (C=O) groups excluding carboxylic acids is 2. The van der Waals surface area contributed by atoms with Crippen LogP contribution < -0.4 is 4.90 Å². The fourth-order valence-corrected chi connectivity index (χ4v) is 4.49. The number of carbonyl (C=O) groups is 2. The van der Waals surface area contributed by atoms with E-state index in [2.05, 4.69) is 0 Å². The Balaban J connectivity index is 1.35. The van der Waals surface area contributed by atoms with Gasteiger partial charge in [-0.3, -0.25) is 14.5 Å². The Hall–Kier alpha value is -2.74. The van der Waals surface area contributed by atoms with Gasteiger partial charge in [0.2, 0.25) is 0 Å². The Morgan fingerprint density at radius 1 is 0.933 bits per heavy atom. The monoisotopic (exact) mass is 409 g/mol. The Morgan fingerprint density at radius 3 is 2.20 bits per heavy atom. The van der Waals surface area contributed by atoms with Crippen LogP contribution in [0.2, 0.25) is 0 Å². The molecule has 0 aliphatic carbocycles. The molecule has 30 heavy (non-hydrogen) atoms. The lowest BCUT2D eigenvalue weighted by Gasteiger charge is -2.47. The van der Waals surface area contributed by atoms with Crippen molar-refractivity contribution in [3.63, 3.8) is 0 Å². The van der Waals surface area contributed by atoms with Gasteiger partial charge >= 0.3 is 5.97 Å². The minimum Gasteiger partial charge on any atom is -0.457 e. The first-order chi connectivity index (χ1) is 14.6. The maximum absolute atomic E-state index is 13.1. The van der Waals surface area contributed by atoms with Gasteiger partial charge in [-0.15, -0.1) is 0 Å². The largest absolute Gasteiger partial charge is 0.457 e. The summed E-state index contributed by atoms with van der Waals surface area (Å²) in [7, 11) is 0. The minimum absolute atomic E-state index is 0.0898. The van der Waals surface area contributed by atoms with Crippen molar-refractivity contribution in [1.82, 2.24) is 0 Å². The summed E-state index contributed by atoms with van der Waals surface area (Å²) < 4.78 is 23.2. The van der Waals surface area contributed by atoms with Gasteiger partial charge in [-0.25, -0.2) is 0 Å². The maximum atomic E-state index is 13.1. The Labute approximate surface area is 174 Å². The van der Waals surface area contributed by atoms with Gasteiger partial charge in [-0.2, -0.15) is 0 Å². The van der Waals surface area contributed by atoms with Gasteiger partial charge in [-0.05, 0) is 17.7 Å². The predicted molar refractivity (Wildman–Crippen MR) is 107 cm³/mol. The lowest BCUT2D eigenvalue weighted by Crippen LogP contribution is -2.61. The van der Waals surface area contributed by atoms with E-state index in [1.54, 1.807) is 4.90 Å². The van der Waals surface area contributed by atoms with Gasteiger partial charge in [-0.1, -0.05) is 48.5 Å². The summed E-state index contributed by atoms with van der Waals surface area (Å²) in [5, 5.41) is 0. The van der Waals surface area contributed by atoms with Crippen molar-refractivity contribution in [3.8, 4) is 0 Å². The van der Waals surface area contributed by atoms with E-state index in [0.717, 1.165) is 11.3 Å². The number of benzene rings is 2. The molecule has 0 aromatic heterocycles. The number of hydrogen-bond donors (Lipinski definition) is 0. The van der Waals surface area contributed by atoms with Gasteiger partial charge in [0.25, 0.3) is 5.91 Å². The SMILES string of the molecule is CC(=O)O[C@H]1CO[C@H]2[C@@H]1OC[C@H]2O[C@@H]1C(=O)N(c2ccccc2)[C@@H]1c1ccccc1. The highest BCUT2D eigenvalue weighted by atomic mass is 16.7. The molecule has 5 rings (SSSR count). The van der Waals surface area contributed by atoms with E-state index < -0.39 is 18.3 Å². The molecular weight excluding hydrogens is 386 g/mol. The summed E-state index contributed by atoms with van der Waals surface area (Å²) >= 11 is 0. The number of anilines is 1. The molecule has 2 aromatic rings. The smallest absolute Gasteiger partial charge is 0.303 e. The van der Waals surface area contributed by atoms with Crippen LogP contribution in [0.5, 0.6) is 0 Å². The van der Waals surface area contributed by atoms with Crippen LogP contribution in [0.1, 0.15) is 18.5 Å². The third-order valence-corrected chi connectivity index (χ3v) is 5.82. The molecule has 2 aromatic carbocycles. The third kappa shape index (κ3) is 3.29. The fourth-order valence-electron chi connectivity index (χ4n) is 4.49. The number of rotatable bonds is 5. The molecule has 0 spiro atoms. The van der Waals surface area contributed by atoms with Crippen LogP contribution in [0.3, 0.4) is 0 Å². The van der Waals surface area contributed by atoms with E-state index in [4.69, 9.17) is 18.9 Å². The summed E-state index contributed by atoms with van der Waals surface area (Å²) in [6, 6.07) is 19.2. The zero-order valence-electron chi connectivity index (χ0n) is 16.5. The standard InChI is InChI=1S/C23H23NO6/c1-14(25)29-17-12-27-21-18(13-28-20(17)21)30-22-19(15-8-4-2-5-9-15)24(23(22)26)16-10-6-3-7-11-16/h2-11,17-22H,12-13H2,1H3/t17-,18+,19+,20+,21+,22-/m0/s1. The van der Waals surface area contributed by atoms with Crippen LogP contribution in [0.15, 0.2) is 60.7 Å². The van der Waals surface area contributed by atoms with Crippen molar-refractivity contribution in [2.24, 2.45) is 0 Å². The predicted octanol–water partition coefficient (Wildman–Crippen LogP) is 2.26. The van der Waals surface area contributed by atoms with Crippen molar-refractivity contribution in [1.29, 1.82) is 0 Å².